The van der Waals surface area contributed by atoms with E-state index in [4.69, 9.17) is 4.74 Å². The monoisotopic (exact) mass is 338 g/mol. The molecule has 1 heterocycles. The molecule has 0 spiro atoms. The zero-order chi connectivity index (χ0) is 17.6. The number of nitrogens with one attached hydrogen (secondary N) is 1. The first-order valence-corrected chi connectivity index (χ1v) is 8.97. The molecule has 1 amide bonds. The van der Waals surface area contributed by atoms with Crippen LogP contribution in [0.1, 0.15) is 40.9 Å². The first-order chi connectivity index (χ1) is 12.2. The van der Waals surface area contributed by atoms with Gasteiger partial charge in [-0.3, -0.25) is 4.79 Å². The van der Waals surface area contributed by atoms with Gasteiger partial charge in [0.15, 0.2) is 0 Å². The Morgan fingerprint density at radius 1 is 1.08 bits per heavy atom. The summed E-state index contributed by atoms with van der Waals surface area (Å²) in [5.41, 5.74) is 4.21. The fourth-order valence-corrected chi connectivity index (χ4v) is 3.11. The fraction of sp³-hybridized carbons (Fsp3) is 0.381. The van der Waals surface area contributed by atoms with Gasteiger partial charge in [0.1, 0.15) is 0 Å². The van der Waals surface area contributed by atoms with E-state index in [0.717, 1.165) is 44.0 Å². The third-order valence-corrected chi connectivity index (χ3v) is 4.70. The molecule has 0 aliphatic carbocycles. The Kier molecular flexibility index (Phi) is 5.71. The molecule has 1 N–H and O–H groups in total. The Bertz CT molecular complexity index is 689. The molecule has 1 fully saturated rings. The molecule has 4 nitrogen and oxygen atoms in total. The molecular weight excluding hydrogens is 312 g/mol. The van der Waals surface area contributed by atoms with Crippen molar-refractivity contribution < 1.29 is 9.53 Å². The quantitative estimate of drug-likeness (QED) is 0.903. The standard InChI is InChI=1S/C21H26N2O2/c1-3-20(17-6-4-16(2)5-7-17)22-21(24)18-8-10-19(11-9-18)23-12-14-25-15-13-23/h4-11,20H,3,12-15H2,1-2H3,(H,22,24)/t20-/m1/s1. The van der Waals surface area contributed by atoms with Crippen molar-refractivity contribution >= 4 is 11.6 Å². The van der Waals surface area contributed by atoms with Crippen LogP contribution in [0.4, 0.5) is 5.69 Å². The van der Waals surface area contributed by atoms with E-state index in [0.29, 0.717) is 5.56 Å². The highest BCUT2D eigenvalue weighted by Gasteiger charge is 2.15. The second-order valence-electron chi connectivity index (χ2n) is 6.49. The van der Waals surface area contributed by atoms with Crippen molar-refractivity contribution in [2.45, 2.75) is 26.3 Å². The average Bonchev–Trinajstić information content (AvgIpc) is 2.67. The van der Waals surface area contributed by atoms with Crippen molar-refractivity contribution in [1.82, 2.24) is 5.32 Å². The lowest BCUT2D eigenvalue weighted by Gasteiger charge is -2.28. The van der Waals surface area contributed by atoms with Crippen LogP contribution >= 0.6 is 0 Å². The summed E-state index contributed by atoms with van der Waals surface area (Å²) in [5.74, 6) is -0.0269. The molecule has 0 radical (unpaired) electrons. The van der Waals surface area contributed by atoms with Gasteiger partial charge in [0.25, 0.3) is 5.91 Å². The third-order valence-electron chi connectivity index (χ3n) is 4.70. The molecule has 2 aromatic carbocycles. The van der Waals surface area contributed by atoms with Crippen LogP contribution in [0.25, 0.3) is 0 Å². The maximum Gasteiger partial charge on any atom is 0.251 e. The van der Waals surface area contributed by atoms with Gasteiger partial charge in [-0.1, -0.05) is 36.8 Å². The van der Waals surface area contributed by atoms with E-state index in [1.165, 1.54) is 5.56 Å². The van der Waals surface area contributed by atoms with Gasteiger partial charge in [0, 0.05) is 24.3 Å². The Balaban J connectivity index is 1.66. The van der Waals surface area contributed by atoms with Crippen LogP contribution < -0.4 is 10.2 Å². The van der Waals surface area contributed by atoms with Gasteiger partial charge in [0.2, 0.25) is 0 Å². The lowest BCUT2D eigenvalue weighted by Crippen LogP contribution is -2.36. The smallest absolute Gasteiger partial charge is 0.251 e. The van der Waals surface area contributed by atoms with Gasteiger partial charge in [-0.2, -0.15) is 0 Å². The molecule has 4 heteroatoms. The van der Waals surface area contributed by atoms with Crippen molar-refractivity contribution in [2.24, 2.45) is 0 Å². The summed E-state index contributed by atoms with van der Waals surface area (Å²) in [6.07, 6.45) is 0.862. The molecule has 25 heavy (non-hydrogen) atoms. The van der Waals surface area contributed by atoms with E-state index in [9.17, 15) is 4.79 Å². The van der Waals surface area contributed by atoms with Crippen LogP contribution in [0.5, 0.6) is 0 Å². The fourth-order valence-electron chi connectivity index (χ4n) is 3.11. The van der Waals surface area contributed by atoms with Crippen LogP contribution in [0.15, 0.2) is 48.5 Å². The summed E-state index contributed by atoms with van der Waals surface area (Å²) in [5, 5.41) is 3.15. The van der Waals surface area contributed by atoms with E-state index >= 15 is 0 Å². The van der Waals surface area contributed by atoms with Gasteiger partial charge >= 0.3 is 0 Å². The number of carbonyl (C=O) groups is 1. The topological polar surface area (TPSA) is 41.6 Å². The number of aryl methyl sites for hydroxylation is 1. The normalized spacial score (nSPS) is 15.7. The van der Waals surface area contributed by atoms with Crippen LogP contribution in [0.3, 0.4) is 0 Å². The number of morpholine rings is 1. The molecule has 3 rings (SSSR count). The van der Waals surface area contributed by atoms with Gasteiger partial charge in [0.05, 0.1) is 19.3 Å². The number of hydrogen-bond acceptors (Lipinski definition) is 3. The number of nitrogens with zero attached hydrogens (tertiary/aromatic N) is 1. The Morgan fingerprint density at radius 3 is 2.32 bits per heavy atom. The molecule has 1 atom stereocenters. The second-order valence-corrected chi connectivity index (χ2v) is 6.49. The predicted octanol–water partition coefficient (Wildman–Crippen LogP) is 3.71. The highest BCUT2D eigenvalue weighted by molar-refractivity contribution is 5.94. The minimum Gasteiger partial charge on any atom is -0.378 e. The summed E-state index contributed by atoms with van der Waals surface area (Å²) in [6.45, 7) is 7.48. The molecule has 2 aromatic rings. The summed E-state index contributed by atoms with van der Waals surface area (Å²) >= 11 is 0. The summed E-state index contributed by atoms with van der Waals surface area (Å²) in [6, 6.07) is 16.2. The Morgan fingerprint density at radius 2 is 1.72 bits per heavy atom. The van der Waals surface area contributed by atoms with Crippen molar-refractivity contribution in [3.8, 4) is 0 Å². The predicted molar refractivity (Wildman–Crippen MR) is 101 cm³/mol. The maximum atomic E-state index is 12.6. The number of ether oxygens (including phenoxy) is 1. The molecule has 1 aliphatic heterocycles. The average molecular weight is 338 g/mol. The van der Waals surface area contributed by atoms with Gasteiger partial charge in [-0.25, -0.2) is 0 Å². The molecule has 1 aliphatic rings. The highest BCUT2D eigenvalue weighted by atomic mass is 16.5. The number of anilines is 1. The number of amides is 1. The van der Waals surface area contributed by atoms with E-state index in [1.54, 1.807) is 0 Å². The van der Waals surface area contributed by atoms with Gasteiger partial charge < -0.3 is 15.0 Å². The van der Waals surface area contributed by atoms with Crippen LogP contribution in [-0.2, 0) is 4.74 Å². The van der Waals surface area contributed by atoms with Crippen molar-refractivity contribution in [3.05, 3.63) is 65.2 Å². The number of carbonyl (C=O) groups excluding carboxylic acids is 1. The third kappa shape index (κ3) is 4.40. The first kappa shape index (κ1) is 17.5. The summed E-state index contributed by atoms with van der Waals surface area (Å²) in [7, 11) is 0. The molecule has 132 valence electrons. The highest BCUT2D eigenvalue weighted by Crippen LogP contribution is 2.20. The molecule has 0 unspecified atom stereocenters. The molecular formula is C21H26N2O2. The number of benzene rings is 2. The minimum absolute atomic E-state index is 0.0269. The SMILES string of the molecule is CC[C@@H](NC(=O)c1ccc(N2CCOCC2)cc1)c1ccc(C)cc1. The number of rotatable bonds is 5. The van der Waals surface area contributed by atoms with E-state index in [-0.39, 0.29) is 11.9 Å². The summed E-state index contributed by atoms with van der Waals surface area (Å²) in [4.78, 5) is 14.9. The van der Waals surface area contributed by atoms with Crippen LogP contribution in [-0.4, -0.2) is 32.2 Å². The lowest BCUT2D eigenvalue weighted by molar-refractivity contribution is 0.0935. The van der Waals surface area contributed by atoms with Crippen molar-refractivity contribution in [1.29, 1.82) is 0 Å². The molecule has 0 bridgehead atoms. The largest absolute Gasteiger partial charge is 0.378 e. The molecule has 0 saturated carbocycles. The van der Waals surface area contributed by atoms with Gasteiger partial charge in [-0.15, -0.1) is 0 Å². The lowest BCUT2D eigenvalue weighted by atomic mass is 10.0. The van der Waals surface area contributed by atoms with E-state index in [1.807, 2.05) is 24.3 Å². The maximum absolute atomic E-state index is 12.6. The molecule has 1 saturated heterocycles. The zero-order valence-electron chi connectivity index (χ0n) is 15.0. The molecule has 0 aromatic heterocycles. The van der Waals surface area contributed by atoms with Crippen LogP contribution in [0, 0.1) is 6.92 Å². The zero-order valence-corrected chi connectivity index (χ0v) is 15.0. The first-order valence-electron chi connectivity index (χ1n) is 8.97. The second kappa shape index (κ2) is 8.17. The van der Waals surface area contributed by atoms with Crippen molar-refractivity contribution in [3.63, 3.8) is 0 Å². The Labute approximate surface area is 149 Å². The van der Waals surface area contributed by atoms with Crippen molar-refractivity contribution in [2.75, 3.05) is 31.2 Å². The van der Waals surface area contributed by atoms with Gasteiger partial charge in [-0.05, 0) is 43.2 Å². The van der Waals surface area contributed by atoms with E-state index < -0.39 is 0 Å². The summed E-state index contributed by atoms with van der Waals surface area (Å²) < 4.78 is 5.38. The minimum atomic E-state index is -0.0269. The number of hydrogen-bond donors (Lipinski definition) is 1. The Hall–Kier alpha value is -2.33. The van der Waals surface area contributed by atoms with Crippen LogP contribution in [0.2, 0.25) is 0 Å². The van der Waals surface area contributed by atoms with E-state index in [2.05, 4.69) is 48.3 Å².